The molecular formula is C13H17NO2. The van der Waals surface area contributed by atoms with Crippen molar-refractivity contribution in [2.24, 2.45) is 5.92 Å². The summed E-state index contributed by atoms with van der Waals surface area (Å²) in [6.45, 7) is 2.52. The number of nitrogens with one attached hydrogen (secondary N) is 1. The largest absolute Gasteiger partial charge is 0.507 e. The molecule has 1 aliphatic carbocycles. The number of para-hydroxylation sites is 1. The van der Waals surface area contributed by atoms with E-state index in [0.717, 1.165) is 12.1 Å². The molecule has 3 heteroatoms. The van der Waals surface area contributed by atoms with Gasteiger partial charge in [-0.15, -0.1) is 0 Å². The van der Waals surface area contributed by atoms with Crippen molar-refractivity contribution in [3.8, 4) is 5.75 Å². The monoisotopic (exact) mass is 219 g/mol. The van der Waals surface area contributed by atoms with Gasteiger partial charge in [0.15, 0.2) is 0 Å². The van der Waals surface area contributed by atoms with Crippen LogP contribution in [0.15, 0.2) is 18.2 Å². The lowest BCUT2D eigenvalue weighted by Gasteiger charge is -2.25. The molecule has 1 aromatic carbocycles. The molecule has 0 bridgehead atoms. The van der Waals surface area contributed by atoms with Crippen LogP contribution in [0.5, 0.6) is 5.75 Å². The number of aryl methyl sites for hydroxylation is 1. The highest BCUT2D eigenvalue weighted by molar-refractivity contribution is 5.97. The fraction of sp³-hybridized carbons (Fsp3) is 0.462. The van der Waals surface area contributed by atoms with Crippen LogP contribution in [0.3, 0.4) is 0 Å². The molecule has 1 saturated carbocycles. The highest BCUT2D eigenvalue weighted by atomic mass is 16.3. The summed E-state index contributed by atoms with van der Waals surface area (Å²) in [5.74, 6) is 0.553. The van der Waals surface area contributed by atoms with Crippen molar-refractivity contribution in [1.82, 2.24) is 5.32 Å². The zero-order valence-corrected chi connectivity index (χ0v) is 9.49. The standard InChI is InChI=1S/C13H17NO2/c1-9-4-2-7-11(12(9)15)13(16)14-8-10-5-3-6-10/h2,4,7,10,15H,3,5-6,8H2,1H3,(H,14,16). The molecular weight excluding hydrogens is 202 g/mol. The first-order chi connectivity index (χ1) is 7.68. The molecule has 0 unspecified atom stereocenters. The van der Waals surface area contributed by atoms with Gasteiger partial charge >= 0.3 is 0 Å². The van der Waals surface area contributed by atoms with E-state index in [-0.39, 0.29) is 11.7 Å². The number of benzene rings is 1. The second kappa shape index (κ2) is 4.56. The van der Waals surface area contributed by atoms with Crippen LogP contribution in [-0.2, 0) is 0 Å². The van der Waals surface area contributed by atoms with Crippen LogP contribution in [0.1, 0.15) is 35.2 Å². The van der Waals surface area contributed by atoms with Crippen molar-refractivity contribution >= 4 is 5.91 Å². The van der Waals surface area contributed by atoms with Gasteiger partial charge in [0.25, 0.3) is 5.91 Å². The van der Waals surface area contributed by atoms with E-state index in [9.17, 15) is 9.90 Å². The van der Waals surface area contributed by atoms with E-state index in [1.807, 2.05) is 0 Å². The van der Waals surface area contributed by atoms with Crippen LogP contribution in [0.2, 0.25) is 0 Å². The van der Waals surface area contributed by atoms with Crippen LogP contribution in [0.4, 0.5) is 0 Å². The lowest BCUT2D eigenvalue weighted by Crippen LogP contribution is -2.32. The predicted octanol–water partition coefficient (Wildman–Crippen LogP) is 2.23. The Kier molecular flexibility index (Phi) is 3.13. The molecule has 0 spiro atoms. The number of carbonyl (C=O) groups excluding carboxylic acids is 1. The maximum absolute atomic E-state index is 11.8. The van der Waals surface area contributed by atoms with Crippen molar-refractivity contribution in [2.75, 3.05) is 6.54 Å². The Hall–Kier alpha value is -1.51. The number of hydrogen-bond donors (Lipinski definition) is 2. The molecule has 2 rings (SSSR count). The minimum absolute atomic E-state index is 0.0913. The first kappa shape index (κ1) is 11.0. The molecule has 0 saturated heterocycles. The molecule has 0 radical (unpaired) electrons. The van der Waals surface area contributed by atoms with Crippen molar-refractivity contribution in [3.63, 3.8) is 0 Å². The molecule has 86 valence electrons. The predicted molar refractivity (Wildman–Crippen MR) is 62.5 cm³/mol. The van der Waals surface area contributed by atoms with Gasteiger partial charge in [-0.2, -0.15) is 0 Å². The third-order valence-electron chi connectivity index (χ3n) is 3.26. The average Bonchev–Trinajstić information content (AvgIpc) is 2.19. The van der Waals surface area contributed by atoms with Crippen LogP contribution < -0.4 is 5.32 Å². The van der Waals surface area contributed by atoms with Crippen molar-refractivity contribution in [3.05, 3.63) is 29.3 Å². The number of hydrogen-bond acceptors (Lipinski definition) is 2. The summed E-state index contributed by atoms with van der Waals surface area (Å²) >= 11 is 0. The third-order valence-corrected chi connectivity index (χ3v) is 3.26. The van der Waals surface area contributed by atoms with Gasteiger partial charge < -0.3 is 10.4 Å². The molecule has 2 N–H and O–H groups in total. The Balaban J connectivity index is 1.99. The highest BCUT2D eigenvalue weighted by Crippen LogP contribution is 2.26. The number of aromatic hydroxyl groups is 1. The van der Waals surface area contributed by atoms with Gasteiger partial charge in [0, 0.05) is 6.54 Å². The van der Waals surface area contributed by atoms with E-state index >= 15 is 0 Å². The van der Waals surface area contributed by atoms with Crippen molar-refractivity contribution in [2.45, 2.75) is 26.2 Å². The van der Waals surface area contributed by atoms with Gasteiger partial charge in [-0.25, -0.2) is 0 Å². The molecule has 0 aliphatic heterocycles. The highest BCUT2D eigenvalue weighted by Gasteiger charge is 2.19. The second-order valence-corrected chi connectivity index (χ2v) is 4.48. The molecule has 3 nitrogen and oxygen atoms in total. The maximum atomic E-state index is 11.8. The van der Waals surface area contributed by atoms with E-state index in [0.29, 0.717) is 11.5 Å². The smallest absolute Gasteiger partial charge is 0.255 e. The van der Waals surface area contributed by atoms with Crippen LogP contribution in [0.25, 0.3) is 0 Å². The first-order valence-electron chi connectivity index (χ1n) is 5.75. The zero-order valence-electron chi connectivity index (χ0n) is 9.49. The van der Waals surface area contributed by atoms with E-state index in [1.165, 1.54) is 19.3 Å². The minimum Gasteiger partial charge on any atom is -0.507 e. The van der Waals surface area contributed by atoms with Crippen LogP contribution >= 0.6 is 0 Å². The molecule has 1 aliphatic rings. The molecule has 1 fully saturated rings. The SMILES string of the molecule is Cc1cccc(C(=O)NCC2CCC2)c1O. The molecule has 1 amide bonds. The summed E-state index contributed by atoms with van der Waals surface area (Å²) in [5.41, 5.74) is 1.11. The third kappa shape index (κ3) is 2.18. The fourth-order valence-electron chi connectivity index (χ4n) is 1.87. The lowest BCUT2D eigenvalue weighted by molar-refractivity contribution is 0.0936. The van der Waals surface area contributed by atoms with Gasteiger partial charge in [-0.05, 0) is 37.3 Å². The molecule has 0 heterocycles. The second-order valence-electron chi connectivity index (χ2n) is 4.48. The van der Waals surface area contributed by atoms with Crippen molar-refractivity contribution in [1.29, 1.82) is 0 Å². The topological polar surface area (TPSA) is 49.3 Å². The normalized spacial score (nSPS) is 15.6. The number of rotatable bonds is 3. The number of carbonyl (C=O) groups is 1. The summed E-state index contributed by atoms with van der Waals surface area (Å²) in [6, 6.07) is 5.23. The number of phenols is 1. The van der Waals surface area contributed by atoms with E-state index in [4.69, 9.17) is 0 Å². The van der Waals surface area contributed by atoms with Gasteiger partial charge in [-0.3, -0.25) is 4.79 Å². The Labute approximate surface area is 95.5 Å². The summed E-state index contributed by atoms with van der Waals surface area (Å²) < 4.78 is 0. The molecule has 16 heavy (non-hydrogen) atoms. The number of phenolic OH excluding ortho intramolecular Hbond substituents is 1. The molecule has 0 atom stereocenters. The van der Waals surface area contributed by atoms with Crippen molar-refractivity contribution < 1.29 is 9.90 Å². The maximum Gasteiger partial charge on any atom is 0.255 e. The van der Waals surface area contributed by atoms with E-state index < -0.39 is 0 Å². The van der Waals surface area contributed by atoms with Gasteiger partial charge in [0.2, 0.25) is 0 Å². The quantitative estimate of drug-likeness (QED) is 0.819. The minimum atomic E-state index is -0.173. The van der Waals surface area contributed by atoms with E-state index in [1.54, 1.807) is 25.1 Å². The molecule has 0 aromatic heterocycles. The number of amides is 1. The lowest BCUT2D eigenvalue weighted by atomic mass is 9.85. The first-order valence-corrected chi connectivity index (χ1v) is 5.75. The Morgan fingerprint density at radius 3 is 2.88 bits per heavy atom. The fourth-order valence-corrected chi connectivity index (χ4v) is 1.87. The Morgan fingerprint density at radius 1 is 1.50 bits per heavy atom. The van der Waals surface area contributed by atoms with Gasteiger partial charge in [0.1, 0.15) is 5.75 Å². The molecule has 1 aromatic rings. The average molecular weight is 219 g/mol. The Bertz CT molecular complexity index is 397. The summed E-state index contributed by atoms with van der Waals surface area (Å²) in [5, 5.41) is 12.6. The zero-order chi connectivity index (χ0) is 11.5. The van der Waals surface area contributed by atoms with Gasteiger partial charge in [0.05, 0.1) is 5.56 Å². The summed E-state index contributed by atoms with van der Waals surface area (Å²) in [4.78, 5) is 11.8. The summed E-state index contributed by atoms with van der Waals surface area (Å²) in [7, 11) is 0. The summed E-state index contributed by atoms with van der Waals surface area (Å²) in [6.07, 6.45) is 3.69. The Morgan fingerprint density at radius 2 is 2.25 bits per heavy atom. The van der Waals surface area contributed by atoms with Crippen LogP contribution in [-0.4, -0.2) is 17.6 Å². The van der Waals surface area contributed by atoms with Gasteiger partial charge in [-0.1, -0.05) is 18.6 Å². The van der Waals surface area contributed by atoms with Crippen LogP contribution in [0, 0.1) is 12.8 Å². The van der Waals surface area contributed by atoms with E-state index in [2.05, 4.69) is 5.32 Å².